The molecular formula is C11H16. The largest absolute Gasteiger partial charge is 0.0882 e. The van der Waals surface area contributed by atoms with Crippen LogP contribution in [0.25, 0.3) is 0 Å². The van der Waals surface area contributed by atoms with Crippen LogP contribution in [0.15, 0.2) is 12.2 Å². The number of fused-ring (bicyclic) bond motifs is 1. The zero-order valence-electron chi connectivity index (χ0n) is 7.00. The molecule has 0 aromatic heterocycles. The second-order valence-electron chi connectivity index (χ2n) is 4.58. The highest BCUT2D eigenvalue weighted by atomic mass is 14.5. The van der Waals surface area contributed by atoms with Crippen LogP contribution < -0.4 is 0 Å². The number of allylic oxidation sites excluding steroid dienone is 2. The minimum atomic E-state index is 1.02. The molecule has 0 saturated heterocycles. The van der Waals surface area contributed by atoms with Crippen molar-refractivity contribution < 1.29 is 0 Å². The molecule has 0 heterocycles. The Morgan fingerprint density at radius 1 is 1.00 bits per heavy atom. The molecule has 3 rings (SSSR count). The van der Waals surface area contributed by atoms with Crippen molar-refractivity contribution in [3.05, 3.63) is 12.2 Å². The molecule has 0 spiro atoms. The second-order valence-corrected chi connectivity index (χ2v) is 4.58. The van der Waals surface area contributed by atoms with E-state index in [9.17, 15) is 0 Å². The van der Waals surface area contributed by atoms with E-state index >= 15 is 0 Å². The van der Waals surface area contributed by atoms with Gasteiger partial charge in [-0.2, -0.15) is 0 Å². The van der Waals surface area contributed by atoms with E-state index in [-0.39, 0.29) is 0 Å². The standard InChI is InChI=1S/C11H16/c1-2-4-10-9(3-1)7-11(10)8-5-6-8/h2,4,8-11H,1,3,5-7H2/t9-,10-,11+/m1/s1. The van der Waals surface area contributed by atoms with E-state index in [2.05, 4.69) is 12.2 Å². The maximum absolute atomic E-state index is 2.51. The molecule has 0 aliphatic heterocycles. The van der Waals surface area contributed by atoms with Gasteiger partial charge in [0.05, 0.1) is 0 Å². The van der Waals surface area contributed by atoms with Gasteiger partial charge in [-0.1, -0.05) is 12.2 Å². The maximum Gasteiger partial charge on any atom is -0.0174 e. The van der Waals surface area contributed by atoms with Crippen LogP contribution in [0.5, 0.6) is 0 Å². The Hall–Kier alpha value is -0.260. The van der Waals surface area contributed by atoms with Gasteiger partial charge in [0.2, 0.25) is 0 Å². The summed E-state index contributed by atoms with van der Waals surface area (Å²) < 4.78 is 0. The Bertz CT molecular complexity index is 188. The molecule has 0 aromatic rings. The van der Waals surface area contributed by atoms with Gasteiger partial charge in [0.1, 0.15) is 0 Å². The molecule has 2 fully saturated rings. The molecule has 0 N–H and O–H groups in total. The average Bonchev–Trinajstić information content (AvgIpc) is 2.75. The van der Waals surface area contributed by atoms with Gasteiger partial charge in [-0.25, -0.2) is 0 Å². The van der Waals surface area contributed by atoms with E-state index in [1.54, 1.807) is 19.3 Å². The Morgan fingerprint density at radius 2 is 1.91 bits per heavy atom. The molecule has 2 saturated carbocycles. The fraction of sp³-hybridized carbons (Fsp3) is 0.818. The van der Waals surface area contributed by atoms with Crippen molar-refractivity contribution >= 4 is 0 Å². The molecule has 0 amide bonds. The molecule has 60 valence electrons. The first-order chi connectivity index (χ1) is 5.45. The Kier molecular flexibility index (Phi) is 1.21. The van der Waals surface area contributed by atoms with Gasteiger partial charge in [0.25, 0.3) is 0 Å². The van der Waals surface area contributed by atoms with E-state index in [1.807, 2.05) is 0 Å². The van der Waals surface area contributed by atoms with Crippen LogP contribution >= 0.6 is 0 Å². The molecule has 11 heavy (non-hydrogen) atoms. The summed E-state index contributed by atoms with van der Waals surface area (Å²) in [4.78, 5) is 0. The van der Waals surface area contributed by atoms with E-state index in [1.165, 1.54) is 12.8 Å². The Labute approximate surface area is 68.7 Å². The van der Waals surface area contributed by atoms with E-state index < -0.39 is 0 Å². The monoisotopic (exact) mass is 148 g/mol. The molecule has 0 aromatic carbocycles. The minimum absolute atomic E-state index is 1.02. The van der Waals surface area contributed by atoms with Crippen molar-refractivity contribution in [1.82, 2.24) is 0 Å². The van der Waals surface area contributed by atoms with Crippen LogP contribution in [0.3, 0.4) is 0 Å². The van der Waals surface area contributed by atoms with Crippen LogP contribution in [0.2, 0.25) is 0 Å². The third-order valence-corrected chi connectivity index (χ3v) is 3.90. The second kappa shape index (κ2) is 2.12. The van der Waals surface area contributed by atoms with Crippen LogP contribution in [-0.4, -0.2) is 0 Å². The summed E-state index contributed by atoms with van der Waals surface area (Å²) in [5, 5.41) is 0. The smallest absolute Gasteiger partial charge is 0.0174 e. The topological polar surface area (TPSA) is 0 Å². The average molecular weight is 148 g/mol. The van der Waals surface area contributed by atoms with Crippen molar-refractivity contribution in [2.75, 3.05) is 0 Å². The van der Waals surface area contributed by atoms with Gasteiger partial charge < -0.3 is 0 Å². The summed E-state index contributed by atoms with van der Waals surface area (Å²) in [7, 11) is 0. The van der Waals surface area contributed by atoms with E-state index in [4.69, 9.17) is 0 Å². The molecule has 3 atom stereocenters. The molecule has 3 aliphatic carbocycles. The SMILES string of the molecule is C1=C[C@@H]2[C@H](CC1)C[C@H]2C1CC1. The van der Waals surface area contributed by atoms with Gasteiger partial charge >= 0.3 is 0 Å². The molecule has 0 nitrogen and oxygen atoms in total. The molecule has 3 aliphatic rings. The summed E-state index contributed by atoms with van der Waals surface area (Å²) in [5.41, 5.74) is 0. The lowest BCUT2D eigenvalue weighted by Crippen LogP contribution is -2.37. The summed E-state index contributed by atoms with van der Waals surface area (Å²) in [6.07, 6.45) is 12.4. The Balaban J connectivity index is 1.73. The lowest BCUT2D eigenvalue weighted by atomic mass is 9.59. The first-order valence-electron chi connectivity index (χ1n) is 5.12. The van der Waals surface area contributed by atoms with Gasteiger partial charge in [0.15, 0.2) is 0 Å². The highest BCUT2D eigenvalue weighted by Gasteiger charge is 2.47. The first-order valence-corrected chi connectivity index (χ1v) is 5.12. The summed E-state index contributed by atoms with van der Waals surface area (Å²) in [6.45, 7) is 0. The fourth-order valence-electron chi connectivity index (χ4n) is 3.02. The molecule has 0 heteroatoms. The van der Waals surface area contributed by atoms with Gasteiger partial charge in [-0.15, -0.1) is 0 Å². The highest BCUT2D eigenvalue weighted by molar-refractivity contribution is 5.09. The molecule has 0 unspecified atom stereocenters. The Morgan fingerprint density at radius 3 is 2.64 bits per heavy atom. The quantitative estimate of drug-likeness (QED) is 0.501. The van der Waals surface area contributed by atoms with Crippen LogP contribution in [0.4, 0.5) is 0 Å². The number of hydrogen-bond acceptors (Lipinski definition) is 0. The number of hydrogen-bond donors (Lipinski definition) is 0. The van der Waals surface area contributed by atoms with Crippen molar-refractivity contribution in [1.29, 1.82) is 0 Å². The van der Waals surface area contributed by atoms with Crippen LogP contribution in [0.1, 0.15) is 32.1 Å². The predicted molar refractivity (Wildman–Crippen MR) is 46.2 cm³/mol. The van der Waals surface area contributed by atoms with Gasteiger partial charge in [-0.05, 0) is 55.8 Å². The zero-order valence-corrected chi connectivity index (χ0v) is 7.00. The van der Waals surface area contributed by atoms with Crippen molar-refractivity contribution in [3.63, 3.8) is 0 Å². The third-order valence-electron chi connectivity index (χ3n) is 3.90. The minimum Gasteiger partial charge on any atom is -0.0882 e. The predicted octanol–water partition coefficient (Wildman–Crippen LogP) is 3.00. The van der Waals surface area contributed by atoms with Crippen molar-refractivity contribution in [2.24, 2.45) is 23.7 Å². The molecular weight excluding hydrogens is 132 g/mol. The lowest BCUT2D eigenvalue weighted by Gasteiger charge is -2.45. The van der Waals surface area contributed by atoms with Crippen molar-refractivity contribution in [2.45, 2.75) is 32.1 Å². The summed E-state index contributed by atoms with van der Waals surface area (Å²) in [6, 6.07) is 0. The fourth-order valence-corrected chi connectivity index (χ4v) is 3.02. The van der Waals surface area contributed by atoms with Crippen LogP contribution in [0, 0.1) is 23.7 Å². The maximum atomic E-state index is 2.51. The van der Waals surface area contributed by atoms with E-state index in [0.717, 1.165) is 23.7 Å². The zero-order chi connectivity index (χ0) is 7.26. The highest BCUT2D eigenvalue weighted by Crippen LogP contribution is 2.56. The van der Waals surface area contributed by atoms with Crippen molar-refractivity contribution in [3.8, 4) is 0 Å². The summed E-state index contributed by atoms with van der Waals surface area (Å²) in [5.74, 6) is 4.40. The first kappa shape index (κ1) is 6.28. The number of rotatable bonds is 1. The third kappa shape index (κ3) is 0.881. The summed E-state index contributed by atoms with van der Waals surface area (Å²) >= 11 is 0. The molecule has 0 radical (unpaired) electrons. The van der Waals surface area contributed by atoms with E-state index in [0.29, 0.717) is 0 Å². The van der Waals surface area contributed by atoms with Gasteiger partial charge in [0, 0.05) is 0 Å². The van der Waals surface area contributed by atoms with Gasteiger partial charge in [-0.3, -0.25) is 0 Å². The van der Waals surface area contributed by atoms with Crippen LogP contribution in [-0.2, 0) is 0 Å². The normalized spacial score (nSPS) is 48.2. The lowest BCUT2D eigenvalue weighted by molar-refractivity contribution is 0.0798. The molecule has 0 bridgehead atoms.